The molecule has 0 radical (unpaired) electrons. The van der Waals surface area contributed by atoms with E-state index in [0.29, 0.717) is 5.11 Å². The number of halogens is 1. The number of hydrogen-bond acceptors (Lipinski definition) is 2. The summed E-state index contributed by atoms with van der Waals surface area (Å²) < 4.78 is 0. The highest BCUT2D eigenvalue weighted by Gasteiger charge is 2.01. The first-order chi connectivity index (χ1) is 11.6. The maximum atomic E-state index is 6.11. The lowest BCUT2D eigenvalue weighted by Gasteiger charge is -2.11. The van der Waals surface area contributed by atoms with Crippen LogP contribution in [0.4, 0.5) is 5.69 Å². The quantitative estimate of drug-likeness (QED) is 0.486. The predicted molar refractivity (Wildman–Crippen MR) is 112 cm³/mol. The van der Waals surface area contributed by atoms with E-state index >= 15 is 0 Å². The van der Waals surface area contributed by atoms with Crippen molar-refractivity contribution in [3.8, 4) is 0 Å². The van der Waals surface area contributed by atoms with Crippen molar-refractivity contribution in [1.29, 1.82) is 0 Å². The van der Waals surface area contributed by atoms with Gasteiger partial charge in [-0.25, -0.2) is 0 Å². The number of nitrogens with one attached hydrogen (secondary N) is 2. The van der Waals surface area contributed by atoms with E-state index in [9.17, 15) is 0 Å². The normalized spacial score (nSPS) is 10.5. The first kappa shape index (κ1) is 19.1. The molecule has 0 spiro atoms. The van der Waals surface area contributed by atoms with Crippen LogP contribution in [0.1, 0.15) is 23.1 Å². The zero-order valence-electron chi connectivity index (χ0n) is 14.1. The van der Waals surface area contributed by atoms with Crippen LogP contribution in [-0.2, 0) is 5.75 Å². The number of benzene rings is 2. The number of anilines is 1. The lowest BCUT2D eigenvalue weighted by atomic mass is 10.1. The minimum absolute atomic E-state index is 0.638. The molecule has 24 heavy (non-hydrogen) atoms. The average Bonchev–Trinajstić information content (AvgIpc) is 2.56. The number of hydrogen-bond donors (Lipinski definition) is 2. The Morgan fingerprint density at radius 2 is 1.92 bits per heavy atom. The van der Waals surface area contributed by atoms with E-state index in [1.54, 1.807) is 0 Å². The van der Waals surface area contributed by atoms with Gasteiger partial charge in [-0.3, -0.25) is 0 Å². The minimum Gasteiger partial charge on any atom is -0.362 e. The highest BCUT2D eigenvalue weighted by Crippen LogP contribution is 2.20. The molecule has 0 saturated heterocycles. The van der Waals surface area contributed by atoms with Gasteiger partial charge in [0.1, 0.15) is 0 Å². The lowest BCUT2D eigenvalue weighted by molar-refractivity contribution is 0.854. The van der Waals surface area contributed by atoms with E-state index in [4.69, 9.17) is 23.8 Å². The topological polar surface area (TPSA) is 24.1 Å². The first-order valence-electron chi connectivity index (χ1n) is 7.99. The third kappa shape index (κ3) is 6.34. The summed E-state index contributed by atoms with van der Waals surface area (Å²) in [6.45, 7) is 5.02. The minimum atomic E-state index is 0.638. The molecule has 128 valence electrons. The monoisotopic (exact) mass is 378 g/mol. The standard InChI is InChI=1S/C19H23ClN2S2/c1-14-6-3-4-7-16(14)13-24-11-5-10-21-19(23)22-17-9-8-15(2)18(20)12-17/h3-4,6-9,12H,5,10-11,13H2,1-2H3,(H2,21,22,23). The van der Waals surface area contributed by atoms with Crippen LogP contribution in [0.15, 0.2) is 42.5 Å². The number of thioether (sulfide) groups is 1. The number of aryl methyl sites for hydroxylation is 2. The summed E-state index contributed by atoms with van der Waals surface area (Å²) in [5, 5.41) is 7.79. The highest BCUT2D eigenvalue weighted by molar-refractivity contribution is 7.98. The largest absolute Gasteiger partial charge is 0.362 e. The van der Waals surface area contributed by atoms with Crippen molar-refractivity contribution in [3.63, 3.8) is 0 Å². The van der Waals surface area contributed by atoms with Gasteiger partial charge in [0.2, 0.25) is 0 Å². The third-order valence-corrected chi connectivity index (χ3v) is 5.45. The predicted octanol–water partition coefficient (Wildman–Crippen LogP) is 5.57. The van der Waals surface area contributed by atoms with Crippen molar-refractivity contribution >= 4 is 46.4 Å². The van der Waals surface area contributed by atoms with Gasteiger partial charge in [-0.2, -0.15) is 11.8 Å². The molecule has 0 saturated carbocycles. The van der Waals surface area contributed by atoms with Crippen molar-refractivity contribution in [2.24, 2.45) is 0 Å². The van der Waals surface area contributed by atoms with Crippen molar-refractivity contribution in [1.82, 2.24) is 5.32 Å². The molecule has 0 fully saturated rings. The Morgan fingerprint density at radius 3 is 2.67 bits per heavy atom. The molecule has 2 rings (SSSR count). The van der Waals surface area contributed by atoms with Crippen LogP contribution in [0.2, 0.25) is 5.02 Å². The SMILES string of the molecule is Cc1ccc(NC(=S)NCCCSCc2ccccc2C)cc1Cl. The van der Waals surface area contributed by atoms with Crippen LogP contribution < -0.4 is 10.6 Å². The molecule has 0 aliphatic heterocycles. The highest BCUT2D eigenvalue weighted by atomic mass is 35.5. The molecule has 2 aromatic rings. The van der Waals surface area contributed by atoms with Crippen LogP contribution in [0, 0.1) is 13.8 Å². The van der Waals surface area contributed by atoms with Crippen LogP contribution in [0.5, 0.6) is 0 Å². The smallest absolute Gasteiger partial charge is 0.170 e. The Balaban J connectivity index is 1.61. The molecule has 0 aliphatic rings. The average molecular weight is 379 g/mol. The van der Waals surface area contributed by atoms with E-state index < -0.39 is 0 Å². The third-order valence-electron chi connectivity index (χ3n) is 3.70. The number of rotatable bonds is 7. The second-order valence-electron chi connectivity index (χ2n) is 5.68. The Bertz CT molecular complexity index is 689. The van der Waals surface area contributed by atoms with Crippen molar-refractivity contribution in [2.45, 2.75) is 26.0 Å². The molecule has 0 aliphatic carbocycles. The molecule has 0 unspecified atom stereocenters. The van der Waals surface area contributed by atoms with Crippen molar-refractivity contribution < 1.29 is 0 Å². The van der Waals surface area contributed by atoms with Gasteiger partial charge in [-0.15, -0.1) is 0 Å². The summed E-state index contributed by atoms with van der Waals surface area (Å²) in [6, 6.07) is 14.4. The van der Waals surface area contributed by atoms with Gasteiger partial charge in [-0.1, -0.05) is 41.9 Å². The second kappa shape index (κ2) is 9.92. The van der Waals surface area contributed by atoms with E-state index in [1.165, 1.54) is 11.1 Å². The van der Waals surface area contributed by atoms with Crippen LogP contribution in [-0.4, -0.2) is 17.4 Å². The van der Waals surface area contributed by atoms with Crippen LogP contribution >= 0.6 is 35.6 Å². The molecule has 0 atom stereocenters. The van der Waals surface area contributed by atoms with Gasteiger partial charge in [0.15, 0.2) is 5.11 Å². The van der Waals surface area contributed by atoms with Gasteiger partial charge >= 0.3 is 0 Å². The van der Waals surface area contributed by atoms with Gasteiger partial charge in [0.25, 0.3) is 0 Å². The molecule has 2 N–H and O–H groups in total. The maximum absolute atomic E-state index is 6.11. The molecule has 0 aromatic heterocycles. The van der Waals surface area contributed by atoms with Gasteiger partial charge < -0.3 is 10.6 Å². The van der Waals surface area contributed by atoms with Gasteiger partial charge in [0.05, 0.1) is 0 Å². The van der Waals surface area contributed by atoms with Crippen LogP contribution in [0.3, 0.4) is 0 Å². The zero-order chi connectivity index (χ0) is 17.4. The van der Waals surface area contributed by atoms with Crippen LogP contribution in [0.25, 0.3) is 0 Å². The molecular formula is C19H23ClN2S2. The molecule has 5 heteroatoms. The summed E-state index contributed by atoms with van der Waals surface area (Å²) in [5.41, 5.74) is 4.76. The fourth-order valence-corrected chi connectivity index (χ4v) is 3.61. The first-order valence-corrected chi connectivity index (χ1v) is 9.93. The summed E-state index contributed by atoms with van der Waals surface area (Å²) in [6.07, 6.45) is 1.08. The Morgan fingerprint density at radius 1 is 1.12 bits per heavy atom. The molecule has 2 aromatic carbocycles. The molecule has 2 nitrogen and oxygen atoms in total. The lowest BCUT2D eigenvalue weighted by Crippen LogP contribution is -2.29. The summed E-state index contributed by atoms with van der Waals surface area (Å²) in [5.74, 6) is 2.18. The van der Waals surface area contributed by atoms with Gasteiger partial charge in [0, 0.05) is 23.0 Å². The Labute approximate surface area is 159 Å². The fourth-order valence-electron chi connectivity index (χ4n) is 2.18. The Kier molecular flexibility index (Phi) is 7.89. The van der Waals surface area contributed by atoms with E-state index in [-0.39, 0.29) is 0 Å². The summed E-state index contributed by atoms with van der Waals surface area (Å²) in [4.78, 5) is 0. The zero-order valence-corrected chi connectivity index (χ0v) is 16.5. The van der Waals surface area contributed by atoms with Gasteiger partial charge in [-0.05, 0) is 67.1 Å². The molecular weight excluding hydrogens is 356 g/mol. The fraction of sp³-hybridized carbons (Fsp3) is 0.316. The van der Waals surface area contributed by atoms with E-state index in [0.717, 1.165) is 40.7 Å². The van der Waals surface area contributed by atoms with Crippen molar-refractivity contribution in [2.75, 3.05) is 17.6 Å². The maximum Gasteiger partial charge on any atom is 0.170 e. The summed E-state index contributed by atoms with van der Waals surface area (Å²) >= 11 is 13.4. The molecule has 0 amide bonds. The van der Waals surface area contributed by atoms with Crippen molar-refractivity contribution in [3.05, 3.63) is 64.2 Å². The molecule has 0 bridgehead atoms. The Hall–Kier alpha value is -1.23. The summed E-state index contributed by atoms with van der Waals surface area (Å²) in [7, 11) is 0. The van der Waals surface area contributed by atoms with E-state index in [1.807, 2.05) is 36.9 Å². The second-order valence-corrected chi connectivity index (χ2v) is 7.60. The van der Waals surface area contributed by atoms with E-state index in [2.05, 4.69) is 41.8 Å². The molecule has 0 heterocycles. The number of thiocarbonyl (C=S) groups is 1.